The first-order chi connectivity index (χ1) is 12.9. The van der Waals surface area contributed by atoms with E-state index in [1.165, 1.54) is 58.7 Å². The minimum atomic E-state index is 1.07. The Hall–Kier alpha value is -2.65. The molecule has 2 aromatic carbocycles. The third kappa shape index (κ3) is 2.78. The van der Waals surface area contributed by atoms with E-state index in [0.29, 0.717) is 0 Å². The summed E-state index contributed by atoms with van der Waals surface area (Å²) in [6, 6.07) is 17.7. The van der Waals surface area contributed by atoms with Crippen LogP contribution in [0.15, 0.2) is 67.1 Å². The van der Waals surface area contributed by atoms with Crippen LogP contribution in [0.2, 0.25) is 0 Å². The highest BCUT2D eigenvalue weighted by atomic mass is 15.2. The second-order valence-electron chi connectivity index (χ2n) is 7.23. The van der Waals surface area contributed by atoms with Gasteiger partial charge in [0.15, 0.2) is 0 Å². The summed E-state index contributed by atoms with van der Waals surface area (Å²) in [6.45, 7) is 4.74. The average molecular weight is 341 g/mol. The Morgan fingerprint density at radius 2 is 1.81 bits per heavy atom. The zero-order valence-electron chi connectivity index (χ0n) is 14.9. The van der Waals surface area contributed by atoms with Gasteiger partial charge >= 0.3 is 0 Å². The van der Waals surface area contributed by atoms with Gasteiger partial charge in [0.05, 0.1) is 0 Å². The fourth-order valence-electron chi connectivity index (χ4n) is 4.18. The lowest BCUT2D eigenvalue weighted by atomic mass is 9.99. The van der Waals surface area contributed by atoms with Crippen molar-refractivity contribution in [2.75, 3.05) is 19.6 Å². The van der Waals surface area contributed by atoms with Crippen LogP contribution in [0.3, 0.4) is 0 Å². The van der Waals surface area contributed by atoms with Crippen LogP contribution < -0.4 is 0 Å². The fraction of sp³-hybridized carbons (Fsp3) is 0.261. The van der Waals surface area contributed by atoms with Gasteiger partial charge < -0.3 is 9.47 Å². The number of pyridine rings is 1. The largest absolute Gasteiger partial charge is 0.346 e. The van der Waals surface area contributed by atoms with Gasteiger partial charge in [-0.3, -0.25) is 4.98 Å². The van der Waals surface area contributed by atoms with Crippen molar-refractivity contribution in [3.8, 4) is 11.1 Å². The molecule has 0 saturated carbocycles. The van der Waals surface area contributed by atoms with E-state index in [9.17, 15) is 0 Å². The second-order valence-corrected chi connectivity index (χ2v) is 7.23. The van der Waals surface area contributed by atoms with Gasteiger partial charge in [-0.25, -0.2) is 0 Å². The van der Waals surface area contributed by atoms with Gasteiger partial charge in [0.2, 0.25) is 0 Å². The molecular weight excluding hydrogens is 318 g/mol. The molecule has 0 aliphatic carbocycles. The van der Waals surface area contributed by atoms with Crippen molar-refractivity contribution in [2.45, 2.75) is 19.4 Å². The zero-order chi connectivity index (χ0) is 17.3. The summed E-state index contributed by atoms with van der Waals surface area (Å²) < 4.78 is 2.40. The first-order valence-electron chi connectivity index (χ1n) is 9.53. The number of hydrogen-bond donors (Lipinski definition) is 0. The van der Waals surface area contributed by atoms with Crippen LogP contribution in [0.1, 0.15) is 12.8 Å². The zero-order valence-corrected chi connectivity index (χ0v) is 14.9. The minimum absolute atomic E-state index is 1.07. The Morgan fingerprint density at radius 1 is 0.885 bits per heavy atom. The van der Waals surface area contributed by atoms with Crippen molar-refractivity contribution in [1.29, 1.82) is 0 Å². The van der Waals surface area contributed by atoms with Gasteiger partial charge in [0.25, 0.3) is 0 Å². The molecule has 130 valence electrons. The first kappa shape index (κ1) is 15.6. The first-order valence-corrected chi connectivity index (χ1v) is 9.53. The molecule has 1 aliphatic heterocycles. The highest BCUT2D eigenvalue weighted by Gasteiger charge is 2.12. The van der Waals surface area contributed by atoms with Gasteiger partial charge in [-0.1, -0.05) is 24.3 Å². The topological polar surface area (TPSA) is 21.1 Å². The Balaban J connectivity index is 1.51. The Bertz CT molecular complexity index is 1060. The summed E-state index contributed by atoms with van der Waals surface area (Å²) in [7, 11) is 0. The molecule has 3 heteroatoms. The highest BCUT2D eigenvalue weighted by Crippen LogP contribution is 2.31. The van der Waals surface area contributed by atoms with E-state index in [1.807, 2.05) is 12.4 Å². The summed E-state index contributed by atoms with van der Waals surface area (Å²) in [4.78, 5) is 6.79. The molecule has 0 radical (unpaired) electrons. The molecule has 1 fully saturated rings. The molecule has 0 N–H and O–H groups in total. The van der Waals surface area contributed by atoms with Crippen molar-refractivity contribution < 1.29 is 0 Å². The lowest BCUT2D eigenvalue weighted by molar-refractivity contribution is 0.324. The van der Waals surface area contributed by atoms with Gasteiger partial charge in [-0.05, 0) is 66.7 Å². The van der Waals surface area contributed by atoms with Crippen LogP contribution in [0.25, 0.3) is 32.8 Å². The second kappa shape index (κ2) is 6.58. The van der Waals surface area contributed by atoms with Crippen LogP contribution in [0.5, 0.6) is 0 Å². The number of hydrogen-bond acceptors (Lipinski definition) is 2. The molecular formula is C23H23N3. The molecule has 5 rings (SSSR count). The average Bonchev–Trinajstić information content (AvgIpc) is 3.35. The van der Waals surface area contributed by atoms with Gasteiger partial charge in [-0.15, -0.1) is 0 Å². The molecule has 4 aromatic rings. The summed E-state index contributed by atoms with van der Waals surface area (Å²) in [6.07, 6.45) is 8.74. The van der Waals surface area contributed by atoms with Crippen LogP contribution in [0.4, 0.5) is 0 Å². The predicted octanol–water partition coefficient (Wildman–Crippen LogP) is 4.95. The lowest BCUT2D eigenvalue weighted by Gasteiger charge is -2.15. The smallest absolute Gasteiger partial charge is 0.0486 e. The van der Waals surface area contributed by atoms with E-state index in [2.05, 4.69) is 69.2 Å². The monoisotopic (exact) mass is 341 g/mol. The summed E-state index contributed by atoms with van der Waals surface area (Å²) >= 11 is 0. The Labute approximate surface area is 153 Å². The van der Waals surface area contributed by atoms with E-state index in [1.54, 1.807) is 0 Å². The molecule has 0 bridgehead atoms. The maximum absolute atomic E-state index is 4.21. The predicted molar refractivity (Wildman–Crippen MR) is 108 cm³/mol. The number of aromatic nitrogens is 2. The third-order valence-corrected chi connectivity index (χ3v) is 5.62. The maximum Gasteiger partial charge on any atom is 0.0486 e. The molecule has 3 nitrogen and oxygen atoms in total. The van der Waals surface area contributed by atoms with Crippen molar-refractivity contribution in [1.82, 2.24) is 14.5 Å². The fourth-order valence-corrected chi connectivity index (χ4v) is 4.18. The van der Waals surface area contributed by atoms with Gasteiger partial charge in [-0.2, -0.15) is 0 Å². The van der Waals surface area contributed by atoms with Crippen LogP contribution in [-0.2, 0) is 6.54 Å². The maximum atomic E-state index is 4.21. The minimum Gasteiger partial charge on any atom is -0.346 e. The van der Waals surface area contributed by atoms with Crippen molar-refractivity contribution >= 4 is 21.7 Å². The third-order valence-electron chi connectivity index (χ3n) is 5.62. The number of nitrogens with zero attached hydrogens (tertiary/aromatic N) is 3. The number of likely N-dealkylation sites (tertiary alicyclic amines) is 1. The molecule has 0 amide bonds. The summed E-state index contributed by atoms with van der Waals surface area (Å²) in [5, 5.41) is 3.76. The molecule has 1 saturated heterocycles. The Morgan fingerprint density at radius 3 is 2.73 bits per heavy atom. The number of fused-ring (bicyclic) bond motifs is 2. The van der Waals surface area contributed by atoms with E-state index in [4.69, 9.17) is 0 Å². The van der Waals surface area contributed by atoms with E-state index >= 15 is 0 Å². The lowest BCUT2D eigenvalue weighted by Crippen LogP contribution is -2.23. The Kier molecular flexibility index (Phi) is 3.95. The van der Waals surface area contributed by atoms with Gasteiger partial charge in [0, 0.05) is 48.0 Å². The van der Waals surface area contributed by atoms with Crippen LogP contribution in [-0.4, -0.2) is 34.1 Å². The highest BCUT2D eigenvalue weighted by molar-refractivity contribution is 5.98. The van der Waals surface area contributed by atoms with E-state index in [0.717, 1.165) is 13.1 Å². The molecule has 3 heterocycles. The quantitative estimate of drug-likeness (QED) is 0.523. The molecule has 0 unspecified atom stereocenters. The molecule has 0 atom stereocenters. The SMILES string of the molecule is c1cc(-c2ccc3cnccc3c2)c2ccn(CCN3CCCC3)c2c1. The number of benzene rings is 2. The standard InChI is InChI=1S/C23H23N3/c1-2-12-25(11-1)14-15-26-13-9-22-21(4-3-5-23(22)26)19-6-7-20-17-24-10-8-18(20)16-19/h3-10,13,16-17H,1-2,11-12,14-15H2. The normalized spacial score (nSPS) is 15.2. The van der Waals surface area contributed by atoms with Crippen LogP contribution >= 0.6 is 0 Å². The van der Waals surface area contributed by atoms with Crippen molar-refractivity contribution in [3.05, 3.63) is 67.1 Å². The number of rotatable bonds is 4. The van der Waals surface area contributed by atoms with Crippen molar-refractivity contribution in [3.63, 3.8) is 0 Å². The summed E-state index contributed by atoms with van der Waals surface area (Å²) in [5.74, 6) is 0. The van der Waals surface area contributed by atoms with E-state index < -0.39 is 0 Å². The van der Waals surface area contributed by atoms with Crippen LogP contribution in [0, 0.1) is 0 Å². The molecule has 0 spiro atoms. The van der Waals surface area contributed by atoms with E-state index in [-0.39, 0.29) is 0 Å². The van der Waals surface area contributed by atoms with Crippen molar-refractivity contribution in [2.24, 2.45) is 0 Å². The molecule has 2 aromatic heterocycles. The molecule has 26 heavy (non-hydrogen) atoms. The summed E-state index contributed by atoms with van der Waals surface area (Å²) in [5.41, 5.74) is 3.91. The van der Waals surface area contributed by atoms with Gasteiger partial charge in [0.1, 0.15) is 0 Å². The molecule has 1 aliphatic rings.